The van der Waals surface area contributed by atoms with Gasteiger partial charge in [-0.05, 0) is 19.8 Å². The maximum absolute atomic E-state index is 11.9. The number of anilines is 1. The molecule has 92 valence electrons. The summed E-state index contributed by atoms with van der Waals surface area (Å²) in [5, 5.41) is 0.574. The van der Waals surface area contributed by atoms with E-state index in [1.165, 1.54) is 16.2 Å². The number of carbonyl (C=O) groups is 1. The van der Waals surface area contributed by atoms with Crippen molar-refractivity contribution in [3.05, 3.63) is 16.0 Å². The molecule has 2 aliphatic rings. The third kappa shape index (κ3) is 1.65. The van der Waals surface area contributed by atoms with Crippen LogP contribution in [0, 0.1) is 0 Å². The van der Waals surface area contributed by atoms with Gasteiger partial charge < -0.3 is 15.2 Å². The molecular weight excluding hydrogens is 238 g/mol. The Labute approximate surface area is 104 Å². The first-order valence-corrected chi connectivity index (χ1v) is 6.76. The molecule has 1 aromatic rings. The number of esters is 1. The fourth-order valence-corrected chi connectivity index (χ4v) is 3.87. The summed E-state index contributed by atoms with van der Waals surface area (Å²) in [5.41, 5.74) is 7.50. The number of nitrogens with two attached hydrogens (primary N) is 1. The number of fused-ring (bicyclic) bond motifs is 4. The van der Waals surface area contributed by atoms with E-state index in [0.29, 0.717) is 23.3 Å². The van der Waals surface area contributed by atoms with E-state index in [9.17, 15) is 4.79 Å². The summed E-state index contributed by atoms with van der Waals surface area (Å²) in [4.78, 5) is 13.1. The Morgan fingerprint density at radius 3 is 3.18 bits per heavy atom. The SMILES string of the molecule is CCOC(=O)c1c(N)sc2c1C1CCC(C2)O1. The molecule has 2 aliphatic heterocycles. The minimum atomic E-state index is -0.309. The van der Waals surface area contributed by atoms with Gasteiger partial charge in [-0.2, -0.15) is 0 Å². The lowest BCUT2D eigenvalue weighted by Gasteiger charge is -2.21. The third-order valence-electron chi connectivity index (χ3n) is 3.37. The minimum Gasteiger partial charge on any atom is -0.462 e. The summed E-state index contributed by atoms with van der Waals surface area (Å²) in [6.07, 6.45) is 3.33. The van der Waals surface area contributed by atoms with Crippen molar-refractivity contribution in [2.75, 3.05) is 12.3 Å². The normalized spacial score (nSPS) is 25.7. The van der Waals surface area contributed by atoms with Crippen molar-refractivity contribution >= 4 is 22.3 Å². The van der Waals surface area contributed by atoms with Crippen molar-refractivity contribution < 1.29 is 14.3 Å². The molecule has 0 amide bonds. The molecule has 3 heterocycles. The second-order valence-corrected chi connectivity index (χ2v) is 5.56. The highest BCUT2D eigenvalue weighted by Gasteiger charge is 2.39. The van der Waals surface area contributed by atoms with Gasteiger partial charge in [-0.25, -0.2) is 4.79 Å². The molecule has 2 atom stereocenters. The zero-order chi connectivity index (χ0) is 12.0. The molecule has 0 spiro atoms. The molecule has 0 aliphatic carbocycles. The zero-order valence-electron chi connectivity index (χ0n) is 9.69. The molecule has 2 N–H and O–H groups in total. The first-order chi connectivity index (χ1) is 8.20. The van der Waals surface area contributed by atoms with Gasteiger partial charge in [0, 0.05) is 16.9 Å². The predicted molar refractivity (Wildman–Crippen MR) is 65.2 cm³/mol. The fraction of sp³-hybridized carbons (Fsp3) is 0.583. The van der Waals surface area contributed by atoms with Crippen LogP contribution < -0.4 is 5.73 Å². The monoisotopic (exact) mass is 253 g/mol. The fourth-order valence-electron chi connectivity index (χ4n) is 2.69. The molecule has 0 aromatic carbocycles. The van der Waals surface area contributed by atoms with Crippen molar-refractivity contribution in [2.45, 2.75) is 38.4 Å². The molecule has 2 unspecified atom stereocenters. The van der Waals surface area contributed by atoms with Crippen molar-refractivity contribution in [3.8, 4) is 0 Å². The smallest absolute Gasteiger partial charge is 0.341 e. The van der Waals surface area contributed by atoms with Crippen LogP contribution in [0.25, 0.3) is 0 Å². The highest BCUT2D eigenvalue weighted by molar-refractivity contribution is 7.16. The van der Waals surface area contributed by atoms with Crippen LogP contribution in [-0.2, 0) is 15.9 Å². The van der Waals surface area contributed by atoms with Gasteiger partial charge in [-0.1, -0.05) is 0 Å². The molecular formula is C12H15NO3S. The molecule has 1 fully saturated rings. The summed E-state index contributed by atoms with van der Waals surface area (Å²) < 4.78 is 10.9. The van der Waals surface area contributed by atoms with Crippen molar-refractivity contribution in [1.29, 1.82) is 0 Å². The van der Waals surface area contributed by atoms with E-state index in [1.807, 2.05) is 0 Å². The standard InChI is InChI=1S/C12H15NO3S/c1-2-15-12(14)10-9-7-4-3-6(16-7)5-8(9)17-11(10)13/h6-7H,2-5,13H2,1H3. The number of nitrogen functional groups attached to an aromatic ring is 1. The van der Waals surface area contributed by atoms with E-state index in [2.05, 4.69) is 0 Å². The number of thiophene rings is 1. The van der Waals surface area contributed by atoms with Gasteiger partial charge in [0.05, 0.1) is 24.4 Å². The second kappa shape index (κ2) is 3.99. The van der Waals surface area contributed by atoms with Crippen molar-refractivity contribution in [2.24, 2.45) is 0 Å². The summed E-state index contributed by atoms with van der Waals surface area (Å²) in [7, 11) is 0. The molecule has 1 saturated heterocycles. The van der Waals surface area contributed by atoms with E-state index in [4.69, 9.17) is 15.2 Å². The molecule has 3 rings (SSSR count). The van der Waals surface area contributed by atoms with Crippen LogP contribution in [0.4, 0.5) is 5.00 Å². The summed E-state index contributed by atoms with van der Waals surface area (Å²) in [6, 6.07) is 0. The second-order valence-electron chi connectivity index (χ2n) is 4.43. The molecule has 17 heavy (non-hydrogen) atoms. The zero-order valence-corrected chi connectivity index (χ0v) is 10.5. The van der Waals surface area contributed by atoms with E-state index in [-0.39, 0.29) is 12.1 Å². The molecule has 4 nitrogen and oxygen atoms in total. The van der Waals surface area contributed by atoms with Crippen LogP contribution in [0.2, 0.25) is 0 Å². The highest BCUT2D eigenvalue weighted by Crippen LogP contribution is 2.47. The number of ether oxygens (including phenoxy) is 2. The van der Waals surface area contributed by atoms with Gasteiger partial charge in [-0.3, -0.25) is 0 Å². The van der Waals surface area contributed by atoms with Crippen molar-refractivity contribution in [3.63, 3.8) is 0 Å². The Bertz CT molecular complexity index is 469. The minimum absolute atomic E-state index is 0.0525. The maximum atomic E-state index is 11.9. The Kier molecular flexibility index (Phi) is 2.60. The van der Waals surface area contributed by atoms with Gasteiger partial charge >= 0.3 is 5.97 Å². The van der Waals surface area contributed by atoms with Crippen LogP contribution in [0.15, 0.2) is 0 Å². The molecule has 1 aromatic heterocycles. The lowest BCUT2D eigenvalue weighted by atomic mass is 10.0. The van der Waals surface area contributed by atoms with E-state index in [1.54, 1.807) is 6.92 Å². The third-order valence-corrected chi connectivity index (χ3v) is 4.43. The Balaban J connectivity index is 2.04. The molecule has 5 heteroatoms. The van der Waals surface area contributed by atoms with Crippen LogP contribution in [-0.4, -0.2) is 18.7 Å². The highest BCUT2D eigenvalue weighted by atomic mass is 32.1. The number of hydrogen-bond donors (Lipinski definition) is 1. The van der Waals surface area contributed by atoms with Crippen LogP contribution in [0.5, 0.6) is 0 Å². The number of hydrogen-bond acceptors (Lipinski definition) is 5. The van der Waals surface area contributed by atoms with Gasteiger partial charge in [0.1, 0.15) is 5.00 Å². The average Bonchev–Trinajstić information content (AvgIpc) is 2.81. The summed E-state index contributed by atoms with van der Waals surface area (Å²) in [6.45, 7) is 2.17. The molecule has 2 bridgehead atoms. The average molecular weight is 253 g/mol. The van der Waals surface area contributed by atoms with E-state index in [0.717, 1.165) is 24.8 Å². The quantitative estimate of drug-likeness (QED) is 0.821. The van der Waals surface area contributed by atoms with E-state index < -0.39 is 0 Å². The Morgan fingerprint density at radius 2 is 2.41 bits per heavy atom. The molecule has 0 saturated carbocycles. The van der Waals surface area contributed by atoms with Gasteiger partial charge in [0.2, 0.25) is 0 Å². The van der Waals surface area contributed by atoms with Crippen molar-refractivity contribution in [1.82, 2.24) is 0 Å². The first kappa shape index (κ1) is 11.0. The van der Waals surface area contributed by atoms with E-state index >= 15 is 0 Å². The number of rotatable bonds is 2. The van der Waals surface area contributed by atoms with Crippen LogP contribution in [0.3, 0.4) is 0 Å². The maximum Gasteiger partial charge on any atom is 0.341 e. The van der Waals surface area contributed by atoms with Gasteiger partial charge in [0.15, 0.2) is 0 Å². The lowest BCUT2D eigenvalue weighted by Crippen LogP contribution is -2.18. The largest absolute Gasteiger partial charge is 0.462 e. The lowest BCUT2D eigenvalue weighted by molar-refractivity contribution is 0.0308. The number of carbonyl (C=O) groups excluding carboxylic acids is 1. The first-order valence-electron chi connectivity index (χ1n) is 5.94. The summed E-state index contributed by atoms with van der Waals surface area (Å²) >= 11 is 1.52. The summed E-state index contributed by atoms with van der Waals surface area (Å²) in [5.74, 6) is -0.309. The predicted octanol–water partition coefficient (Wildman–Crippen LogP) is 2.28. The Morgan fingerprint density at radius 1 is 1.59 bits per heavy atom. The molecule has 0 radical (unpaired) electrons. The Hall–Kier alpha value is -1.07. The van der Waals surface area contributed by atoms with Gasteiger partial charge in [-0.15, -0.1) is 11.3 Å². The van der Waals surface area contributed by atoms with Crippen LogP contribution >= 0.6 is 11.3 Å². The topological polar surface area (TPSA) is 61.5 Å². The van der Waals surface area contributed by atoms with Crippen LogP contribution in [0.1, 0.15) is 46.7 Å². The van der Waals surface area contributed by atoms with Gasteiger partial charge in [0.25, 0.3) is 0 Å².